The minimum atomic E-state index is -0.374. The molecule has 1 fully saturated rings. The van der Waals surface area contributed by atoms with E-state index in [-0.39, 0.29) is 16.5 Å². The van der Waals surface area contributed by atoms with Crippen molar-refractivity contribution < 1.29 is 10.0 Å². The molecule has 1 aromatic heterocycles. The molecule has 1 aliphatic rings. The molecule has 0 aromatic carbocycles. The van der Waals surface area contributed by atoms with Crippen LogP contribution in [0.2, 0.25) is 0 Å². The van der Waals surface area contributed by atoms with Gasteiger partial charge in [-0.25, -0.2) is 0 Å². The van der Waals surface area contributed by atoms with Crippen molar-refractivity contribution in [1.82, 2.24) is 0 Å². The lowest BCUT2D eigenvalue weighted by Crippen LogP contribution is -2.11. The SMILES string of the molecule is O=[N+]([O-])c1cc(C=C(CO)C2CCCCC2)cs1. The van der Waals surface area contributed by atoms with E-state index in [0.29, 0.717) is 5.92 Å². The highest BCUT2D eigenvalue weighted by atomic mass is 32.1. The highest BCUT2D eigenvalue weighted by Gasteiger charge is 2.18. The minimum absolute atomic E-state index is 0.0499. The summed E-state index contributed by atoms with van der Waals surface area (Å²) in [6.07, 6.45) is 7.87. The molecule has 1 heterocycles. The Kier molecular flexibility index (Phi) is 4.49. The third-order valence-electron chi connectivity index (χ3n) is 3.45. The van der Waals surface area contributed by atoms with Crippen LogP contribution in [0, 0.1) is 16.0 Å². The van der Waals surface area contributed by atoms with Crippen molar-refractivity contribution in [3.05, 3.63) is 32.7 Å². The van der Waals surface area contributed by atoms with Crippen molar-refractivity contribution in [2.75, 3.05) is 6.61 Å². The maximum atomic E-state index is 10.6. The van der Waals surface area contributed by atoms with Gasteiger partial charge in [-0.2, -0.15) is 0 Å². The summed E-state index contributed by atoms with van der Waals surface area (Å²) in [6.45, 7) is 0.0499. The van der Waals surface area contributed by atoms with Crippen molar-refractivity contribution in [1.29, 1.82) is 0 Å². The smallest absolute Gasteiger partial charge is 0.324 e. The Morgan fingerprint density at radius 1 is 1.50 bits per heavy atom. The number of rotatable bonds is 4. The van der Waals surface area contributed by atoms with Crippen molar-refractivity contribution in [2.24, 2.45) is 5.92 Å². The molecule has 4 nitrogen and oxygen atoms in total. The fraction of sp³-hybridized carbons (Fsp3) is 0.538. The van der Waals surface area contributed by atoms with E-state index >= 15 is 0 Å². The molecule has 0 aliphatic heterocycles. The van der Waals surface area contributed by atoms with Gasteiger partial charge in [0.25, 0.3) is 0 Å². The zero-order chi connectivity index (χ0) is 13.0. The largest absolute Gasteiger partial charge is 0.392 e. The molecule has 98 valence electrons. The Morgan fingerprint density at radius 2 is 2.22 bits per heavy atom. The lowest BCUT2D eigenvalue weighted by atomic mass is 9.83. The number of nitro groups is 1. The number of thiophene rings is 1. The number of hydrogen-bond acceptors (Lipinski definition) is 4. The predicted molar refractivity (Wildman–Crippen MR) is 72.6 cm³/mol. The van der Waals surface area contributed by atoms with Gasteiger partial charge in [0.2, 0.25) is 0 Å². The van der Waals surface area contributed by atoms with Gasteiger partial charge in [-0.3, -0.25) is 10.1 Å². The molecule has 0 saturated heterocycles. The molecular weight excluding hydrogens is 250 g/mol. The summed E-state index contributed by atoms with van der Waals surface area (Å²) in [5, 5.41) is 22.0. The van der Waals surface area contributed by atoms with Crippen molar-refractivity contribution in [2.45, 2.75) is 32.1 Å². The standard InChI is InChI=1S/C13H17NO3S/c15-8-12(11-4-2-1-3-5-11)6-10-7-13(14(16)17)18-9-10/h6-7,9,11,15H,1-5,8H2. The lowest BCUT2D eigenvalue weighted by Gasteiger charge is -2.23. The molecule has 0 spiro atoms. The zero-order valence-electron chi connectivity index (χ0n) is 10.2. The summed E-state index contributed by atoms with van der Waals surface area (Å²) in [4.78, 5) is 10.2. The van der Waals surface area contributed by atoms with Crippen LogP contribution >= 0.6 is 11.3 Å². The predicted octanol–water partition coefficient (Wildman–Crippen LogP) is 3.61. The highest BCUT2D eigenvalue weighted by molar-refractivity contribution is 7.13. The molecule has 2 rings (SSSR count). The summed E-state index contributed by atoms with van der Waals surface area (Å²) in [7, 11) is 0. The van der Waals surface area contributed by atoms with E-state index in [0.717, 1.165) is 35.3 Å². The number of hydrogen-bond donors (Lipinski definition) is 1. The van der Waals surface area contributed by atoms with Gasteiger partial charge in [-0.1, -0.05) is 36.7 Å². The summed E-state index contributed by atoms with van der Waals surface area (Å²) < 4.78 is 0. The second kappa shape index (κ2) is 6.11. The maximum absolute atomic E-state index is 10.6. The van der Waals surface area contributed by atoms with Crippen molar-refractivity contribution in [3.8, 4) is 0 Å². The Balaban J connectivity index is 2.14. The van der Waals surface area contributed by atoms with E-state index in [1.54, 1.807) is 11.4 Å². The number of nitrogens with zero attached hydrogens (tertiary/aromatic N) is 1. The lowest BCUT2D eigenvalue weighted by molar-refractivity contribution is -0.380. The molecule has 0 radical (unpaired) electrons. The number of aliphatic hydroxyl groups excluding tert-OH is 1. The third kappa shape index (κ3) is 3.17. The summed E-state index contributed by atoms with van der Waals surface area (Å²) in [5.74, 6) is 0.447. The van der Waals surface area contributed by atoms with Crippen LogP contribution in [0.1, 0.15) is 37.7 Å². The Morgan fingerprint density at radius 3 is 2.78 bits per heavy atom. The van der Waals surface area contributed by atoms with Crippen molar-refractivity contribution >= 4 is 22.4 Å². The minimum Gasteiger partial charge on any atom is -0.392 e. The van der Waals surface area contributed by atoms with Crippen LogP contribution in [-0.4, -0.2) is 16.6 Å². The molecule has 1 saturated carbocycles. The summed E-state index contributed by atoms with van der Waals surface area (Å²) in [6, 6.07) is 1.57. The van der Waals surface area contributed by atoms with Gasteiger partial charge in [0.1, 0.15) is 0 Å². The van der Waals surface area contributed by atoms with Gasteiger partial charge in [-0.05, 0) is 29.9 Å². The molecule has 5 heteroatoms. The molecule has 1 aromatic rings. The Bertz CT molecular complexity index is 447. The van der Waals surface area contributed by atoms with Gasteiger partial charge in [0, 0.05) is 11.4 Å². The van der Waals surface area contributed by atoms with E-state index < -0.39 is 0 Å². The van der Waals surface area contributed by atoms with Gasteiger partial charge in [0.15, 0.2) is 0 Å². The van der Waals surface area contributed by atoms with Crippen LogP contribution < -0.4 is 0 Å². The van der Waals surface area contributed by atoms with Gasteiger partial charge < -0.3 is 5.11 Å². The van der Waals surface area contributed by atoms with E-state index in [2.05, 4.69) is 0 Å². The van der Waals surface area contributed by atoms with E-state index in [1.807, 2.05) is 6.08 Å². The Hall–Kier alpha value is -1.20. The van der Waals surface area contributed by atoms with Crippen LogP contribution in [0.5, 0.6) is 0 Å². The summed E-state index contributed by atoms with van der Waals surface area (Å²) in [5.41, 5.74) is 1.85. The fourth-order valence-electron chi connectivity index (χ4n) is 2.49. The van der Waals surface area contributed by atoms with Crippen LogP contribution in [-0.2, 0) is 0 Å². The van der Waals surface area contributed by atoms with Gasteiger partial charge in [-0.15, -0.1) is 0 Å². The Labute approximate surface area is 110 Å². The molecule has 18 heavy (non-hydrogen) atoms. The highest BCUT2D eigenvalue weighted by Crippen LogP contribution is 2.32. The van der Waals surface area contributed by atoms with Crippen LogP contribution in [0.15, 0.2) is 17.0 Å². The molecule has 0 unspecified atom stereocenters. The van der Waals surface area contributed by atoms with Crippen LogP contribution in [0.3, 0.4) is 0 Å². The van der Waals surface area contributed by atoms with E-state index in [4.69, 9.17) is 0 Å². The fourth-order valence-corrected chi connectivity index (χ4v) is 3.17. The van der Waals surface area contributed by atoms with Crippen LogP contribution in [0.4, 0.5) is 5.00 Å². The quantitative estimate of drug-likeness (QED) is 0.669. The number of aliphatic hydroxyl groups is 1. The molecule has 1 aliphatic carbocycles. The monoisotopic (exact) mass is 267 g/mol. The van der Waals surface area contributed by atoms with E-state index in [9.17, 15) is 15.2 Å². The van der Waals surface area contributed by atoms with Gasteiger partial charge >= 0.3 is 5.00 Å². The first kappa shape index (κ1) is 13.2. The van der Waals surface area contributed by atoms with Gasteiger partial charge in [0.05, 0.1) is 11.5 Å². The molecule has 0 atom stereocenters. The molecule has 1 N–H and O–H groups in total. The first-order valence-electron chi connectivity index (χ1n) is 6.25. The summed E-state index contributed by atoms with van der Waals surface area (Å²) >= 11 is 1.13. The second-order valence-electron chi connectivity index (χ2n) is 4.69. The first-order chi connectivity index (χ1) is 8.70. The first-order valence-corrected chi connectivity index (χ1v) is 7.13. The second-order valence-corrected chi connectivity index (χ2v) is 5.58. The maximum Gasteiger partial charge on any atom is 0.324 e. The third-order valence-corrected chi connectivity index (χ3v) is 4.35. The van der Waals surface area contributed by atoms with Crippen LogP contribution in [0.25, 0.3) is 6.08 Å². The van der Waals surface area contributed by atoms with E-state index in [1.165, 1.54) is 19.3 Å². The topological polar surface area (TPSA) is 63.4 Å². The molecular formula is C13H17NO3S. The molecule has 0 amide bonds. The average Bonchev–Trinajstić information content (AvgIpc) is 2.86. The molecule has 0 bridgehead atoms. The zero-order valence-corrected chi connectivity index (χ0v) is 11.0. The normalized spacial score (nSPS) is 17.9. The van der Waals surface area contributed by atoms with Crippen molar-refractivity contribution in [3.63, 3.8) is 0 Å². The average molecular weight is 267 g/mol.